The summed E-state index contributed by atoms with van der Waals surface area (Å²) >= 11 is 12.3. The molecule has 0 radical (unpaired) electrons. The second-order valence-corrected chi connectivity index (χ2v) is 7.25. The third-order valence-corrected chi connectivity index (χ3v) is 5.26. The first-order valence-corrected chi connectivity index (χ1v) is 9.47. The molecular formula is C20H18Cl2N4O. The van der Waals surface area contributed by atoms with Gasteiger partial charge >= 0.3 is 0 Å². The summed E-state index contributed by atoms with van der Waals surface area (Å²) in [5.41, 5.74) is 3.03. The van der Waals surface area contributed by atoms with E-state index < -0.39 is 0 Å². The van der Waals surface area contributed by atoms with E-state index >= 15 is 0 Å². The van der Waals surface area contributed by atoms with Crippen molar-refractivity contribution in [1.82, 2.24) is 15.1 Å². The Morgan fingerprint density at radius 1 is 0.963 bits per heavy atom. The smallest absolute Gasteiger partial charge is 0.272 e. The van der Waals surface area contributed by atoms with E-state index in [0.29, 0.717) is 29.5 Å². The standard InChI is InChI=1S/C20H18Cl2N4O/c21-14-4-3-5-15(12-14)25-8-10-26(11-9-25)20(27)19-13-18(23-24-19)16-6-1-2-7-17(16)22/h1-7,12-13H,8-11H2,(H,23,24). The zero-order chi connectivity index (χ0) is 18.8. The van der Waals surface area contributed by atoms with E-state index in [1.165, 1.54) is 0 Å². The predicted octanol–water partition coefficient (Wildman–Crippen LogP) is 4.35. The number of H-pyrrole nitrogens is 1. The topological polar surface area (TPSA) is 52.2 Å². The van der Waals surface area contributed by atoms with Crippen LogP contribution in [0.25, 0.3) is 11.3 Å². The van der Waals surface area contributed by atoms with Crippen molar-refractivity contribution in [3.63, 3.8) is 0 Å². The minimum absolute atomic E-state index is 0.0495. The number of aromatic amines is 1. The molecule has 0 aliphatic carbocycles. The van der Waals surface area contributed by atoms with Crippen molar-refractivity contribution in [2.24, 2.45) is 0 Å². The van der Waals surface area contributed by atoms with E-state index in [1.807, 2.05) is 53.4 Å². The van der Waals surface area contributed by atoms with Crippen LogP contribution < -0.4 is 4.90 Å². The van der Waals surface area contributed by atoms with E-state index in [4.69, 9.17) is 23.2 Å². The molecule has 7 heteroatoms. The fourth-order valence-electron chi connectivity index (χ4n) is 3.25. The minimum atomic E-state index is -0.0495. The van der Waals surface area contributed by atoms with Crippen molar-refractivity contribution in [2.75, 3.05) is 31.1 Å². The number of nitrogens with zero attached hydrogens (tertiary/aromatic N) is 3. The summed E-state index contributed by atoms with van der Waals surface area (Å²) in [4.78, 5) is 16.9. The number of hydrogen-bond acceptors (Lipinski definition) is 3. The number of benzene rings is 2. The molecule has 1 saturated heterocycles. The van der Waals surface area contributed by atoms with Crippen LogP contribution in [-0.4, -0.2) is 47.2 Å². The quantitative estimate of drug-likeness (QED) is 0.710. The van der Waals surface area contributed by atoms with Gasteiger partial charge in [0.25, 0.3) is 5.91 Å². The summed E-state index contributed by atoms with van der Waals surface area (Å²) in [5.74, 6) is -0.0495. The van der Waals surface area contributed by atoms with Crippen molar-refractivity contribution in [1.29, 1.82) is 0 Å². The average Bonchev–Trinajstić information content (AvgIpc) is 3.18. The zero-order valence-electron chi connectivity index (χ0n) is 14.5. The molecule has 1 aromatic heterocycles. The highest BCUT2D eigenvalue weighted by molar-refractivity contribution is 6.33. The van der Waals surface area contributed by atoms with E-state index in [1.54, 1.807) is 6.07 Å². The predicted molar refractivity (Wildman–Crippen MR) is 109 cm³/mol. The summed E-state index contributed by atoms with van der Waals surface area (Å²) in [6.45, 7) is 2.81. The summed E-state index contributed by atoms with van der Waals surface area (Å²) in [7, 11) is 0. The summed E-state index contributed by atoms with van der Waals surface area (Å²) in [5, 5.41) is 8.43. The van der Waals surface area contributed by atoms with Crippen LogP contribution in [-0.2, 0) is 0 Å². The van der Waals surface area contributed by atoms with Crippen molar-refractivity contribution in [3.8, 4) is 11.3 Å². The Morgan fingerprint density at radius 2 is 1.74 bits per heavy atom. The molecule has 0 spiro atoms. The zero-order valence-corrected chi connectivity index (χ0v) is 16.0. The second kappa shape index (κ2) is 7.62. The lowest BCUT2D eigenvalue weighted by molar-refractivity contribution is 0.0741. The molecule has 1 aliphatic heterocycles. The molecule has 1 fully saturated rings. The number of rotatable bonds is 3. The maximum atomic E-state index is 12.8. The number of hydrogen-bond donors (Lipinski definition) is 1. The average molecular weight is 401 g/mol. The number of halogens is 2. The van der Waals surface area contributed by atoms with E-state index in [9.17, 15) is 4.79 Å². The van der Waals surface area contributed by atoms with Gasteiger partial charge in [-0.05, 0) is 30.3 Å². The Kier molecular flexibility index (Phi) is 5.05. The first-order chi connectivity index (χ1) is 13.1. The van der Waals surface area contributed by atoms with Gasteiger partial charge in [0, 0.05) is 42.5 Å². The number of carbonyl (C=O) groups is 1. The van der Waals surface area contributed by atoms with Crippen molar-refractivity contribution in [3.05, 3.63) is 70.3 Å². The van der Waals surface area contributed by atoms with E-state index in [2.05, 4.69) is 15.1 Å². The van der Waals surface area contributed by atoms with Gasteiger partial charge in [-0.3, -0.25) is 9.89 Å². The molecule has 1 aliphatic rings. The number of nitrogens with one attached hydrogen (secondary N) is 1. The van der Waals surface area contributed by atoms with Gasteiger partial charge in [0.05, 0.1) is 10.7 Å². The van der Waals surface area contributed by atoms with Crippen LogP contribution >= 0.6 is 23.2 Å². The molecule has 1 N–H and O–H groups in total. The SMILES string of the molecule is O=C(c1cc(-c2ccccc2Cl)n[nH]1)N1CCN(c2cccc(Cl)c2)CC1. The monoisotopic (exact) mass is 400 g/mol. The number of carbonyl (C=O) groups excluding carboxylic acids is 1. The third kappa shape index (κ3) is 3.80. The summed E-state index contributed by atoms with van der Waals surface area (Å²) in [6, 6.07) is 17.0. The molecule has 3 aromatic rings. The first-order valence-electron chi connectivity index (χ1n) is 8.72. The van der Waals surface area contributed by atoms with Gasteiger partial charge < -0.3 is 9.80 Å². The maximum Gasteiger partial charge on any atom is 0.272 e. The molecule has 2 heterocycles. The molecule has 5 nitrogen and oxygen atoms in total. The Bertz CT molecular complexity index is 964. The summed E-state index contributed by atoms with van der Waals surface area (Å²) in [6.07, 6.45) is 0. The lowest BCUT2D eigenvalue weighted by Gasteiger charge is -2.36. The molecular weight excluding hydrogens is 383 g/mol. The molecule has 0 saturated carbocycles. The Morgan fingerprint density at radius 3 is 2.48 bits per heavy atom. The van der Waals surface area contributed by atoms with Crippen LogP contribution in [0.2, 0.25) is 10.0 Å². The highest BCUT2D eigenvalue weighted by Crippen LogP contribution is 2.27. The Balaban J connectivity index is 1.43. The number of amides is 1. The Labute approximate surface area is 167 Å². The largest absolute Gasteiger partial charge is 0.368 e. The van der Waals surface area contributed by atoms with Crippen molar-refractivity contribution < 1.29 is 4.79 Å². The van der Waals surface area contributed by atoms with Crippen molar-refractivity contribution >= 4 is 34.8 Å². The molecule has 2 aromatic carbocycles. The van der Waals surface area contributed by atoms with Crippen LogP contribution in [0.1, 0.15) is 10.5 Å². The van der Waals surface area contributed by atoms with Crippen LogP contribution in [0.5, 0.6) is 0 Å². The van der Waals surface area contributed by atoms with E-state index in [-0.39, 0.29) is 5.91 Å². The minimum Gasteiger partial charge on any atom is -0.368 e. The van der Waals surface area contributed by atoms with Crippen LogP contribution in [0.4, 0.5) is 5.69 Å². The molecule has 0 unspecified atom stereocenters. The van der Waals surface area contributed by atoms with Crippen molar-refractivity contribution in [2.45, 2.75) is 0 Å². The second-order valence-electron chi connectivity index (χ2n) is 6.41. The molecule has 0 atom stereocenters. The lowest BCUT2D eigenvalue weighted by atomic mass is 10.1. The number of piperazine rings is 1. The van der Waals surface area contributed by atoms with Gasteiger partial charge in [0.15, 0.2) is 0 Å². The van der Waals surface area contributed by atoms with Gasteiger partial charge in [0.2, 0.25) is 0 Å². The van der Waals surface area contributed by atoms with Crippen LogP contribution in [0.3, 0.4) is 0 Å². The normalized spacial score (nSPS) is 14.4. The maximum absolute atomic E-state index is 12.8. The van der Waals surface area contributed by atoms with Gasteiger partial charge in [-0.25, -0.2) is 0 Å². The molecule has 1 amide bonds. The van der Waals surface area contributed by atoms with Gasteiger partial charge in [-0.15, -0.1) is 0 Å². The van der Waals surface area contributed by atoms with Crippen LogP contribution in [0.15, 0.2) is 54.6 Å². The van der Waals surface area contributed by atoms with Gasteiger partial charge in [-0.2, -0.15) is 5.10 Å². The van der Waals surface area contributed by atoms with Gasteiger partial charge in [0.1, 0.15) is 5.69 Å². The molecule has 0 bridgehead atoms. The van der Waals surface area contributed by atoms with Crippen LogP contribution in [0, 0.1) is 0 Å². The number of aromatic nitrogens is 2. The number of anilines is 1. The van der Waals surface area contributed by atoms with E-state index in [0.717, 1.165) is 29.4 Å². The lowest BCUT2D eigenvalue weighted by Crippen LogP contribution is -2.48. The highest BCUT2D eigenvalue weighted by Gasteiger charge is 2.24. The molecule has 138 valence electrons. The first kappa shape index (κ1) is 17.9. The summed E-state index contributed by atoms with van der Waals surface area (Å²) < 4.78 is 0. The highest BCUT2D eigenvalue weighted by atomic mass is 35.5. The van der Waals surface area contributed by atoms with Gasteiger partial charge in [-0.1, -0.05) is 47.5 Å². The fourth-order valence-corrected chi connectivity index (χ4v) is 3.67. The molecule has 4 rings (SSSR count). The Hall–Kier alpha value is -2.50. The molecule has 27 heavy (non-hydrogen) atoms. The fraction of sp³-hybridized carbons (Fsp3) is 0.200. The third-order valence-electron chi connectivity index (χ3n) is 4.70.